The molecule has 5 heteroatoms. The molecule has 0 bridgehead atoms. The van der Waals surface area contributed by atoms with Crippen molar-refractivity contribution in [2.75, 3.05) is 20.2 Å². The lowest BCUT2D eigenvalue weighted by Crippen LogP contribution is -2.37. The summed E-state index contributed by atoms with van der Waals surface area (Å²) in [4.78, 5) is 27.4. The number of hydrogen-bond donors (Lipinski definition) is 1. The van der Waals surface area contributed by atoms with E-state index in [1.54, 1.807) is 7.11 Å². The lowest BCUT2D eigenvalue weighted by Gasteiger charge is -2.23. The summed E-state index contributed by atoms with van der Waals surface area (Å²) in [6.07, 6.45) is 2.63. The van der Waals surface area contributed by atoms with Crippen LogP contribution in [0.4, 0.5) is 0 Å². The maximum Gasteiger partial charge on any atom is 0.225 e. The second-order valence-electron chi connectivity index (χ2n) is 8.81. The smallest absolute Gasteiger partial charge is 0.225 e. The Morgan fingerprint density at radius 2 is 1.81 bits per heavy atom. The first kappa shape index (κ1) is 18.7. The molecule has 1 aliphatic heterocycles. The van der Waals surface area contributed by atoms with Gasteiger partial charge >= 0.3 is 0 Å². The molecule has 142 valence electrons. The molecule has 0 radical (unpaired) electrons. The number of amides is 2. The van der Waals surface area contributed by atoms with E-state index in [9.17, 15) is 9.59 Å². The first-order valence-electron chi connectivity index (χ1n) is 9.49. The number of methoxy groups -OCH3 is 1. The van der Waals surface area contributed by atoms with Crippen LogP contribution in [0.15, 0.2) is 24.3 Å². The Bertz CT molecular complexity index is 659. The Kier molecular flexibility index (Phi) is 5.26. The fourth-order valence-corrected chi connectivity index (χ4v) is 3.56. The van der Waals surface area contributed by atoms with Gasteiger partial charge in [0, 0.05) is 31.5 Å². The Morgan fingerprint density at radius 1 is 1.15 bits per heavy atom. The standard InChI is InChI=1S/C21H30N2O3/c1-21(2,3)11-19(24)23-12-17(14-5-9-16(26-4)10-6-14)18(13-23)20(25)22-15-7-8-15/h5-6,9-10,15,17-18H,7-8,11-13H2,1-4H3,(H,22,25). The topological polar surface area (TPSA) is 58.6 Å². The van der Waals surface area contributed by atoms with Gasteiger partial charge in [0.15, 0.2) is 0 Å². The minimum atomic E-state index is -0.187. The van der Waals surface area contributed by atoms with Crippen molar-refractivity contribution in [1.29, 1.82) is 0 Å². The van der Waals surface area contributed by atoms with Gasteiger partial charge in [0.1, 0.15) is 5.75 Å². The quantitative estimate of drug-likeness (QED) is 0.880. The number of carbonyl (C=O) groups excluding carboxylic acids is 2. The van der Waals surface area contributed by atoms with Crippen molar-refractivity contribution in [2.24, 2.45) is 11.3 Å². The van der Waals surface area contributed by atoms with Crippen molar-refractivity contribution >= 4 is 11.8 Å². The van der Waals surface area contributed by atoms with Gasteiger partial charge in [-0.05, 0) is 36.0 Å². The Labute approximate surface area is 156 Å². The first-order valence-corrected chi connectivity index (χ1v) is 9.49. The third-order valence-electron chi connectivity index (χ3n) is 5.16. The molecule has 5 nitrogen and oxygen atoms in total. The SMILES string of the molecule is COc1ccc(C2CN(C(=O)CC(C)(C)C)CC2C(=O)NC2CC2)cc1. The molecular formula is C21H30N2O3. The molecule has 26 heavy (non-hydrogen) atoms. The molecule has 2 aliphatic rings. The molecule has 2 amide bonds. The fourth-order valence-electron chi connectivity index (χ4n) is 3.56. The van der Waals surface area contributed by atoms with Crippen LogP contribution in [0, 0.1) is 11.3 Å². The normalized spacial score (nSPS) is 23.0. The average Bonchev–Trinajstić information content (AvgIpc) is 3.27. The van der Waals surface area contributed by atoms with Gasteiger partial charge in [-0.3, -0.25) is 9.59 Å². The van der Waals surface area contributed by atoms with Crippen LogP contribution in [-0.4, -0.2) is 43.0 Å². The monoisotopic (exact) mass is 358 g/mol. The first-order chi connectivity index (χ1) is 12.3. The minimum absolute atomic E-state index is 0.0311. The lowest BCUT2D eigenvalue weighted by atomic mass is 9.88. The zero-order valence-corrected chi connectivity index (χ0v) is 16.2. The second kappa shape index (κ2) is 7.29. The van der Waals surface area contributed by atoms with Gasteiger partial charge in [0.2, 0.25) is 11.8 Å². The highest BCUT2D eigenvalue weighted by Gasteiger charge is 2.42. The van der Waals surface area contributed by atoms with Gasteiger partial charge in [-0.2, -0.15) is 0 Å². The summed E-state index contributed by atoms with van der Waals surface area (Å²) in [6, 6.07) is 8.20. The van der Waals surface area contributed by atoms with Crippen molar-refractivity contribution in [2.45, 2.75) is 52.0 Å². The molecular weight excluding hydrogens is 328 g/mol. The van der Waals surface area contributed by atoms with Gasteiger partial charge in [-0.25, -0.2) is 0 Å². The molecule has 1 aromatic rings. The average molecular weight is 358 g/mol. The van der Waals surface area contributed by atoms with E-state index < -0.39 is 0 Å². The van der Waals surface area contributed by atoms with E-state index in [-0.39, 0.29) is 29.1 Å². The molecule has 1 aromatic carbocycles. The van der Waals surface area contributed by atoms with Crippen LogP contribution >= 0.6 is 0 Å². The summed E-state index contributed by atoms with van der Waals surface area (Å²) in [5.74, 6) is 0.861. The molecule has 1 saturated carbocycles. The number of benzene rings is 1. The summed E-state index contributed by atoms with van der Waals surface area (Å²) in [5, 5.41) is 3.12. The molecule has 1 saturated heterocycles. The van der Waals surface area contributed by atoms with Gasteiger partial charge < -0.3 is 15.0 Å². The Morgan fingerprint density at radius 3 is 2.35 bits per heavy atom. The van der Waals surface area contributed by atoms with E-state index in [2.05, 4.69) is 26.1 Å². The molecule has 1 N–H and O–H groups in total. The number of likely N-dealkylation sites (tertiary alicyclic amines) is 1. The number of carbonyl (C=O) groups is 2. The third kappa shape index (κ3) is 4.57. The van der Waals surface area contributed by atoms with Gasteiger partial charge in [0.25, 0.3) is 0 Å². The van der Waals surface area contributed by atoms with Gasteiger partial charge in [-0.1, -0.05) is 32.9 Å². The summed E-state index contributed by atoms with van der Waals surface area (Å²) in [6.45, 7) is 7.31. The number of rotatable bonds is 5. The minimum Gasteiger partial charge on any atom is -0.497 e. The summed E-state index contributed by atoms with van der Waals surface area (Å²) in [7, 11) is 1.64. The van der Waals surface area contributed by atoms with E-state index in [1.807, 2.05) is 29.2 Å². The molecule has 1 aliphatic carbocycles. The summed E-state index contributed by atoms with van der Waals surface area (Å²) in [5.41, 5.74) is 1.04. The van der Waals surface area contributed by atoms with Gasteiger partial charge in [-0.15, -0.1) is 0 Å². The Balaban J connectivity index is 1.78. The van der Waals surface area contributed by atoms with Crippen molar-refractivity contribution in [1.82, 2.24) is 10.2 Å². The largest absolute Gasteiger partial charge is 0.497 e. The highest BCUT2D eigenvalue weighted by molar-refractivity contribution is 5.84. The van der Waals surface area contributed by atoms with Crippen molar-refractivity contribution in [3.05, 3.63) is 29.8 Å². The molecule has 0 aromatic heterocycles. The van der Waals surface area contributed by atoms with Crippen LogP contribution in [0.5, 0.6) is 5.75 Å². The summed E-state index contributed by atoms with van der Waals surface area (Å²) < 4.78 is 5.24. The van der Waals surface area contributed by atoms with E-state index in [1.165, 1.54) is 0 Å². The van der Waals surface area contributed by atoms with Crippen LogP contribution in [0.1, 0.15) is 51.5 Å². The van der Waals surface area contributed by atoms with E-state index in [0.717, 1.165) is 24.2 Å². The number of hydrogen-bond acceptors (Lipinski definition) is 3. The van der Waals surface area contributed by atoms with E-state index in [0.29, 0.717) is 25.6 Å². The zero-order chi connectivity index (χ0) is 18.9. The Hall–Kier alpha value is -2.04. The van der Waals surface area contributed by atoms with Crippen LogP contribution < -0.4 is 10.1 Å². The van der Waals surface area contributed by atoms with Crippen LogP contribution in [0.25, 0.3) is 0 Å². The molecule has 2 unspecified atom stereocenters. The highest BCUT2D eigenvalue weighted by Crippen LogP contribution is 2.35. The molecule has 2 fully saturated rings. The maximum absolute atomic E-state index is 12.8. The highest BCUT2D eigenvalue weighted by atomic mass is 16.5. The fraction of sp³-hybridized carbons (Fsp3) is 0.619. The molecule has 1 heterocycles. The van der Waals surface area contributed by atoms with Crippen LogP contribution in [0.2, 0.25) is 0 Å². The lowest BCUT2D eigenvalue weighted by molar-refractivity contribution is -0.132. The van der Waals surface area contributed by atoms with Gasteiger partial charge in [0.05, 0.1) is 13.0 Å². The maximum atomic E-state index is 12.8. The van der Waals surface area contributed by atoms with Crippen LogP contribution in [-0.2, 0) is 9.59 Å². The zero-order valence-electron chi connectivity index (χ0n) is 16.2. The van der Waals surface area contributed by atoms with Crippen molar-refractivity contribution in [3.63, 3.8) is 0 Å². The number of nitrogens with zero attached hydrogens (tertiary/aromatic N) is 1. The van der Waals surface area contributed by atoms with E-state index in [4.69, 9.17) is 4.74 Å². The summed E-state index contributed by atoms with van der Waals surface area (Å²) >= 11 is 0. The predicted molar refractivity (Wildman–Crippen MR) is 101 cm³/mol. The third-order valence-corrected chi connectivity index (χ3v) is 5.16. The number of ether oxygens (including phenoxy) is 1. The van der Waals surface area contributed by atoms with Crippen LogP contribution in [0.3, 0.4) is 0 Å². The molecule has 0 spiro atoms. The van der Waals surface area contributed by atoms with Crippen molar-refractivity contribution in [3.8, 4) is 5.75 Å². The van der Waals surface area contributed by atoms with Crippen molar-refractivity contribution < 1.29 is 14.3 Å². The molecule has 2 atom stereocenters. The predicted octanol–water partition coefficient (Wildman–Crippen LogP) is 2.95. The second-order valence-corrected chi connectivity index (χ2v) is 8.81. The number of nitrogens with one attached hydrogen (secondary N) is 1. The van der Waals surface area contributed by atoms with E-state index >= 15 is 0 Å². The molecule has 3 rings (SSSR count).